The molecule has 0 heterocycles. The molecule has 0 aliphatic carbocycles. The number of carbonyl (C=O) groups is 1. The fourth-order valence-electron chi connectivity index (χ4n) is 1.70. The van der Waals surface area contributed by atoms with E-state index in [0.717, 1.165) is 11.1 Å². The maximum atomic E-state index is 11.7. The number of ether oxygens (including phenoxy) is 1. The van der Waals surface area contributed by atoms with Gasteiger partial charge in [-0.3, -0.25) is 0 Å². The van der Waals surface area contributed by atoms with Gasteiger partial charge in [-0.25, -0.2) is 4.79 Å². The van der Waals surface area contributed by atoms with Crippen LogP contribution in [0.3, 0.4) is 0 Å². The number of nitrogens with one attached hydrogen (secondary N) is 2. The van der Waals surface area contributed by atoms with E-state index in [9.17, 15) is 9.90 Å². The van der Waals surface area contributed by atoms with Crippen molar-refractivity contribution >= 4 is 6.03 Å². The molecule has 0 radical (unpaired) electrons. The van der Waals surface area contributed by atoms with Crippen LogP contribution in [-0.4, -0.2) is 30.4 Å². The van der Waals surface area contributed by atoms with Crippen LogP contribution in [0, 0.1) is 5.92 Å². The van der Waals surface area contributed by atoms with E-state index in [0.29, 0.717) is 13.2 Å². The Kier molecular flexibility index (Phi) is 6.65. The predicted molar refractivity (Wildman–Crippen MR) is 82.9 cm³/mol. The van der Waals surface area contributed by atoms with Crippen molar-refractivity contribution in [2.45, 2.75) is 39.5 Å². The molecule has 1 aromatic rings. The van der Waals surface area contributed by atoms with Crippen LogP contribution in [0.25, 0.3) is 0 Å². The summed E-state index contributed by atoms with van der Waals surface area (Å²) in [5, 5.41) is 15.5. The zero-order valence-corrected chi connectivity index (χ0v) is 13.3. The number of hydrogen-bond acceptors (Lipinski definition) is 3. The maximum Gasteiger partial charge on any atom is 0.315 e. The van der Waals surface area contributed by atoms with Crippen LogP contribution in [0.4, 0.5) is 4.79 Å². The largest absolute Gasteiger partial charge is 0.388 e. The number of rotatable bonds is 7. The van der Waals surface area contributed by atoms with Gasteiger partial charge in [0, 0.05) is 20.2 Å². The fraction of sp³-hybridized carbons (Fsp3) is 0.562. The van der Waals surface area contributed by atoms with Gasteiger partial charge in [0.2, 0.25) is 0 Å². The highest BCUT2D eigenvalue weighted by molar-refractivity contribution is 5.73. The van der Waals surface area contributed by atoms with E-state index in [2.05, 4.69) is 10.6 Å². The van der Waals surface area contributed by atoms with E-state index < -0.39 is 5.60 Å². The molecule has 5 heteroatoms. The minimum Gasteiger partial charge on any atom is -0.388 e. The number of benzene rings is 1. The van der Waals surface area contributed by atoms with Crippen molar-refractivity contribution in [3.63, 3.8) is 0 Å². The summed E-state index contributed by atoms with van der Waals surface area (Å²) >= 11 is 0. The number of carbonyl (C=O) groups excluding carboxylic acids is 1. The highest BCUT2D eigenvalue weighted by atomic mass is 16.5. The number of methoxy groups -OCH3 is 1. The van der Waals surface area contributed by atoms with Gasteiger partial charge in [-0.1, -0.05) is 38.1 Å². The van der Waals surface area contributed by atoms with Crippen LogP contribution in [0.5, 0.6) is 0 Å². The topological polar surface area (TPSA) is 70.6 Å². The van der Waals surface area contributed by atoms with E-state index in [4.69, 9.17) is 4.74 Å². The summed E-state index contributed by atoms with van der Waals surface area (Å²) in [6.07, 6.45) is 0. The summed E-state index contributed by atoms with van der Waals surface area (Å²) < 4.78 is 5.08. The molecule has 118 valence electrons. The van der Waals surface area contributed by atoms with Crippen molar-refractivity contribution < 1.29 is 14.6 Å². The van der Waals surface area contributed by atoms with Crippen molar-refractivity contribution in [2.75, 3.05) is 13.7 Å². The highest BCUT2D eigenvalue weighted by Gasteiger charge is 2.25. The van der Waals surface area contributed by atoms with Crippen molar-refractivity contribution in [3.05, 3.63) is 35.4 Å². The molecule has 5 nitrogen and oxygen atoms in total. The van der Waals surface area contributed by atoms with Crippen LogP contribution < -0.4 is 10.6 Å². The maximum absolute atomic E-state index is 11.7. The number of amides is 2. The summed E-state index contributed by atoms with van der Waals surface area (Å²) in [6.45, 7) is 6.76. The second kappa shape index (κ2) is 8.00. The molecular formula is C16H26N2O3. The van der Waals surface area contributed by atoms with Crippen molar-refractivity contribution in [2.24, 2.45) is 5.92 Å². The quantitative estimate of drug-likeness (QED) is 0.720. The zero-order chi connectivity index (χ0) is 15.9. The lowest BCUT2D eigenvalue weighted by atomic mass is 9.93. The van der Waals surface area contributed by atoms with Gasteiger partial charge in [0.05, 0.1) is 12.2 Å². The van der Waals surface area contributed by atoms with Crippen LogP contribution in [0.2, 0.25) is 0 Å². The highest BCUT2D eigenvalue weighted by Crippen LogP contribution is 2.14. The number of aliphatic hydroxyl groups is 1. The summed E-state index contributed by atoms with van der Waals surface area (Å²) in [7, 11) is 1.65. The zero-order valence-electron chi connectivity index (χ0n) is 13.3. The van der Waals surface area contributed by atoms with E-state index >= 15 is 0 Å². The third kappa shape index (κ3) is 6.14. The lowest BCUT2D eigenvalue weighted by Crippen LogP contribution is -2.47. The Labute approximate surface area is 126 Å². The smallest absolute Gasteiger partial charge is 0.315 e. The Hall–Kier alpha value is -1.59. The predicted octanol–water partition coefficient (Wildman–Crippen LogP) is 2.04. The molecule has 21 heavy (non-hydrogen) atoms. The molecule has 0 spiro atoms. The molecule has 3 N–H and O–H groups in total. The molecular weight excluding hydrogens is 268 g/mol. The first kappa shape index (κ1) is 17.5. The van der Waals surface area contributed by atoms with Gasteiger partial charge < -0.3 is 20.5 Å². The molecule has 0 aromatic heterocycles. The van der Waals surface area contributed by atoms with Gasteiger partial charge in [-0.2, -0.15) is 0 Å². The minimum absolute atomic E-state index is 0.0727. The van der Waals surface area contributed by atoms with Crippen molar-refractivity contribution in [3.8, 4) is 0 Å². The third-order valence-corrected chi connectivity index (χ3v) is 3.61. The molecule has 0 fully saturated rings. The fourth-order valence-corrected chi connectivity index (χ4v) is 1.70. The molecule has 0 saturated carbocycles. The first-order chi connectivity index (χ1) is 9.85. The monoisotopic (exact) mass is 294 g/mol. The molecule has 1 rings (SSSR count). The van der Waals surface area contributed by atoms with Crippen LogP contribution in [-0.2, 0) is 17.9 Å². The van der Waals surface area contributed by atoms with Gasteiger partial charge in [0.25, 0.3) is 0 Å². The number of hydrogen-bond donors (Lipinski definition) is 3. The SMILES string of the molecule is COCc1cccc(CNC(=O)NCC(C)(O)C(C)C)c1. The van der Waals surface area contributed by atoms with Crippen LogP contribution >= 0.6 is 0 Å². The Bertz CT molecular complexity index is 459. The van der Waals surface area contributed by atoms with E-state index in [1.54, 1.807) is 14.0 Å². The summed E-state index contributed by atoms with van der Waals surface area (Å²) in [5.41, 5.74) is 1.17. The Balaban J connectivity index is 2.41. The molecule has 0 aliphatic heterocycles. The van der Waals surface area contributed by atoms with E-state index in [1.807, 2.05) is 38.1 Å². The lowest BCUT2D eigenvalue weighted by Gasteiger charge is -2.27. The van der Waals surface area contributed by atoms with Crippen molar-refractivity contribution in [1.82, 2.24) is 10.6 Å². The van der Waals surface area contributed by atoms with Crippen molar-refractivity contribution in [1.29, 1.82) is 0 Å². The van der Waals surface area contributed by atoms with Gasteiger partial charge in [-0.05, 0) is 24.0 Å². The molecule has 0 bridgehead atoms. The lowest BCUT2D eigenvalue weighted by molar-refractivity contribution is 0.0166. The Morgan fingerprint density at radius 3 is 2.62 bits per heavy atom. The van der Waals surface area contributed by atoms with E-state index in [-0.39, 0.29) is 18.5 Å². The Morgan fingerprint density at radius 2 is 2.00 bits per heavy atom. The van der Waals surface area contributed by atoms with Gasteiger partial charge in [-0.15, -0.1) is 0 Å². The molecule has 1 aromatic carbocycles. The molecule has 0 saturated heterocycles. The van der Waals surface area contributed by atoms with Gasteiger partial charge >= 0.3 is 6.03 Å². The first-order valence-electron chi connectivity index (χ1n) is 7.16. The summed E-state index contributed by atoms with van der Waals surface area (Å²) in [5.74, 6) is 0.0727. The van der Waals surface area contributed by atoms with Gasteiger partial charge in [0.1, 0.15) is 0 Å². The second-order valence-electron chi connectivity index (χ2n) is 5.80. The normalized spacial score (nSPS) is 13.8. The van der Waals surface area contributed by atoms with E-state index in [1.165, 1.54) is 0 Å². The second-order valence-corrected chi connectivity index (χ2v) is 5.80. The summed E-state index contributed by atoms with van der Waals surface area (Å²) in [6, 6.07) is 7.57. The molecule has 1 unspecified atom stereocenters. The molecule has 0 aliphatic rings. The minimum atomic E-state index is -0.907. The number of urea groups is 1. The van der Waals surface area contributed by atoms with Crippen LogP contribution in [0.15, 0.2) is 24.3 Å². The van der Waals surface area contributed by atoms with Crippen LogP contribution in [0.1, 0.15) is 31.9 Å². The Morgan fingerprint density at radius 1 is 1.33 bits per heavy atom. The standard InChI is InChI=1S/C16H26N2O3/c1-12(2)16(3,20)11-18-15(19)17-9-13-6-5-7-14(8-13)10-21-4/h5-8,12,20H,9-11H2,1-4H3,(H2,17,18,19). The third-order valence-electron chi connectivity index (χ3n) is 3.61. The molecule has 1 atom stereocenters. The first-order valence-corrected chi connectivity index (χ1v) is 7.16. The summed E-state index contributed by atoms with van der Waals surface area (Å²) in [4.78, 5) is 11.7. The molecule has 2 amide bonds. The van der Waals surface area contributed by atoms with Gasteiger partial charge in [0.15, 0.2) is 0 Å². The average molecular weight is 294 g/mol. The average Bonchev–Trinajstić information content (AvgIpc) is 2.43.